The van der Waals surface area contributed by atoms with Crippen LogP contribution >= 0.6 is 12.2 Å². The number of aromatic nitrogens is 3. The Morgan fingerprint density at radius 3 is 2.82 bits per heavy atom. The summed E-state index contributed by atoms with van der Waals surface area (Å²) in [5.41, 5.74) is 0. The zero-order chi connectivity index (χ0) is 8.43. The summed E-state index contributed by atoms with van der Waals surface area (Å²) in [6.45, 7) is 0. The molecule has 0 saturated heterocycles. The van der Waals surface area contributed by atoms with Crippen LogP contribution in [0.4, 0.5) is 0 Å². The van der Waals surface area contributed by atoms with Crippen LogP contribution in [0.1, 0.15) is 10.6 Å². The Morgan fingerprint density at radius 2 is 2.45 bits per heavy atom. The summed E-state index contributed by atoms with van der Waals surface area (Å²) in [5.74, 6) is -0.322. The van der Waals surface area contributed by atoms with Gasteiger partial charge in [0.25, 0.3) is 0 Å². The van der Waals surface area contributed by atoms with E-state index in [1.807, 2.05) is 0 Å². The second-order valence-electron chi connectivity index (χ2n) is 1.90. The number of esters is 1. The lowest BCUT2D eigenvalue weighted by atomic mass is 10.6. The molecular weight excluding hydrogens is 166 g/mol. The van der Waals surface area contributed by atoms with Gasteiger partial charge in [0.05, 0.1) is 7.11 Å². The molecule has 0 aliphatic heterocycles. The van der Waals surface area contributed by atoms with Gasteiger partial charge < -0.3 is 4.74 Å². The molecule has 0 radical (unpaired) electrons. The van der Waals surface area contributed by atoms with Crippen molar-refractivity contribution in [3.63, 3.8) is 0 Å². The first-order valence-corrected chi connectivity index (χ1v) is 3.27. The van der Waals surface area contributed by atoms with Crippen molar-refractivity contribution in [1.82, 2.24) is 14.8 Å². The number of carbonyl (C=O) groups excluding carboxylic acids is 1. The molecule has 0 fully saturated rings. The van der Waals surface area contributed by atoms with E-state index < -0.39 is 5.97 Å². The number of carbonyl (C=O) groups is 1. The summed E-state index contributed by atoms with van der Waals surface area (Å²) in [4.78, 5) is 10.9. The van der Waals surface area contributed by atoms with Crippen LogP contribution < -0.4 is 0 Å². The first-order valence-electron chi connectivity index (χ1n) is 2.86. The average Bonchev–Trinajstić information content (AvgIpc) is 2.32. The van der Waals surface area contributed by atoms with E-state index in [1.165, 1.54) is 11.7 Å². The van der Waals surface area contributed by atoms with E-state index >= 15 is 0 Å². The van der Waals surface area contributed by atoms with Crippen LogP contribution in [-0.2, 0) is 11.8 Å². The number of hydrogen-bond acceptors (Lipinski definition) is 4. The van der Waals surface area contributed by atoms with E-state index in [0.29, 0.717) is 4.77 Å². The van der Waals surface area contributed by atoms with Gasteiger partial charge in [-0.15, -0.1) is 5.10 Å². The Kier molecular flexibility index (Phi) is 2.04. The van der Waals surface area contributed by atoms with Crippen LogP contribution in [0.15, 0.2) is 0 Å². The average molecular weight is 173 g/mol. The van der Waals surface area contributed by atoms with Crippen LogP contribution in [0.3, 0.4) is 0 Å². The van der Waals surface area contributed by atoms with E-state index in [2.05, 4.69) is 14.9 Å². The zero-order valence-corrected chi connectivity index (χ0v) is 6.94. The predicted octanol–water partition coefficient (Wildman–Crippen LogP) is 0.264. The third kappa shape index (κ3) is 1.30. The normalized spacial score (nSPS) is 9.64. The number of hydrogen-bond donors (Lipinski definition) is 1. The molecule has 0 aliphatic carbocycles. The van der Waals surface area contributed by atoms with E-state index in [9.17, 15) is 4.79 Å². The van der Waals surface area contributed by atoms with Gasteiger partial charge in [-0.2, -0.15) is 0 Å². The molecule has 0 saturated carbocycles. The van der Waals surface area contributed by atoms with Crippen molar-refractivity contribution >= 4 is 18.2 Å². The lowest BCUT2D eigenvalue weighted by Gasteiger charge is -1.95. The lowest BCUT2D eigenvalue weighted by molar-refractivity contribution is 0.0582. The number of nitrogens with one attached hydrogen (secondary N) is 1. The summed E-state index contributed by atoms with van der Waals surface area (Å²) in [6, 6.07) is 0. The molecule has 11 heavy (non-hydrogen) atoms. The molecule has 0 atom stereocenters. The highest BCUT2D eigenvalue weighted by Gasteiger charge is 2.11. The second-order valence-corrected chi connectivity index (χ2v) is 2.29. The van der Waals surface area contributed by atoms with Gasteiger partial charge in [-0.3, -0.25) is 9.67 Å². The maximum Gasteiger partial charge on any atom is 0.376 e. The number of ether oxygens (including phenoxy) is 1. The zero-order valence-electron chi connectivity index (χ0n) is 6.12. The topological polar surface area (TPSA) is 59.9 Å². The molecule has 1 aromatic heterocycles. The molecule has 1 aromatic rings. The second kappa shape index (κ2) is 2.83. The predicted molar refractivity (Wildman–Crippen MR) is 39.7 cm³/mol. The van der Waals surface area contributed by atoms with Crippen LogP contribution in [0.25, 0.3) is 0 Å². The molecule has 1 rings (SSSR count). The summed E-state index contributed by atoms with van der Waals surface area (Å²) < 4.78 is 6.28. The first-order chi connectivity index (χ1) is 5.16. The van der Waals surface area contributed by atoms with Crippen LogP contribution in [0.2, 0.25) is 0 Å². The molecule has 0 unspecified atom stereocenters. The van der Waals surface area contributed by atoms with Crippen molar-refractivity contribution in [2.75, 3.05) is 7.11 Å². The fraction of sp³-hybridized carbons (Fsp3) is 0.400. The molecule has 6 heteroatoms. The Morgan fingerprint density at radius 1 is 1.82 bits per heavy atom. The van der Waals surface area contributed by atoms with E-state index in [4.69, 9.17) is 12.2 Å². The van der Waals surface area contributed by atoms with Crippen LogP contribution in [0.5, 0.6) is 0 Å². The Bertz CT molecular complexity index is 327. The number of H-pyrrole nitrogens is 1. The maximum atomic E-state index is 10.9. The van der Waals surface area contributed by atoms with Crippen LogP contribution in [-0.4, -0.2) is 27.8 Å². The minimum Gasteiger partial charge on any atom is -0.463 e. The highest BCUT2D eigenvalue weighted by Crippen LogP contribution is 1.95. The fourth-order valence-electron chi connectivity index (χ4n) is 0.621. The standard InChI is InChI=1S/C5H7N3O2S/c1-8-3(4(9)10-2)6-7-5(8)11/h1-2H3,(H,7,11). The van der Waals surface area contributed by atoms with E-state index in [0.717, 1.165) is 0 Å². The summed E-state index contributed by atoms with van der Waals surface area (Å²) in [5, 5.41) is 6.12. The molecule has 1 heterocycles. The van der Waals surface area contributed by atoms with Gasteiger partial charge in [-0.1, -0.05) is 0 Å². The minimum atomic E-state index is -0.500. The number of aromatic amines is 1. The first kappa shape index (κ1) is 7.93. The number of methoxy groups -OCH3 is 1. The maximum absolute atomic E-state index is 10.9. The van der Waals surface area contributed by atoms with Crippen molar-refractivity contribution in [2.45, 2.75) is 0 Å². The quantitative estimate of drug-likeness (QED) is 0.489. The van der Waals surface area contributed by atoms with E-state index in [1.54, 1.807) is 7.05 Å². The number of nitrogens with zero attached hydrogens (tertiary/aromatic N) is 2. The van der Waals surface area contributed by atoms with Crippen molar-refractivity contribution < 1.29 is 9.53 Å². The molecule has 1 N–H and O–H groups in total. The summed E-state index contributed by atoms with van der Waals surface area (Å²) in [6.07, 6.45) is 0. The van der Waals surface area contributed by atoms with Gasteiger partial charge in [0, 0.05) is 7.05 Å². The molecule has 60 valence electrons. The molecule has 0 bridgehead atoms. The Labute approximate surface area is 68.0 Å². The van der Waals surface area contributed by atoms with Gasteiger partial charge in [-0.25, -0.2) is 4.79 Å². The third-order valence-electron chi connectivity index (χ3n) is 1.25. The Balaban J connectivity index is 3.15. The highest BCUT2D eigenvalue weighted by molar-refractivity contribution is 7.71. The fourth-order valence-corrected chi connectivity index (χ4v) is 0.753. The molecule has 0 aromatic carbocycles. The van der Waals surface area contributed by atoms with Crippen molar-refractivity contribution in [3.8, 4) is 0 Å². The molecular formula is C5H7N3O2S. The largest absolute Gasteiger partial charge is 0.463 e. The monoisotopic (exact) mass is 173 g/mol. The summed E-state index contributed by atoms with van der Waals surface area (Å²) >= 11 is 4.78. The number of rotatable bonds is 1. The van der Waals surface area contributed by atoms with Gasteiger partial charge in [0.1, 0.15) is 0 Å². The molecule has 0 amide bonds. The lowest BCUT2D eigenvalue weighted by Crippen LogP contribution is -2.08. The molecule has 0 aliphatic rings. The van der Waals surface area contributed by atoms with Crippen molar-refractivity contribution in [2.24, 2.45) is 7.05 Å². The van der Waals surface area contributed by atoms with Gasteiger partial charge in [0.2, 0.25) is 5.82 Å². The minimum absolute atomic E-state index is 0.178. The Hall–Kier alpha value is -1.17. The van der Waals surface area contributed by atoms with E-state index in [-0.39, 0.29) is 5.82 Å². The van der Waals surface area contributed by atoms with Gasteiger partial charge in [0.15, 0.2) is 4.77 Å². The molecule has 5 nitrogen and oxygen atoms in total. The SMILES string of the molecule is COC(=O)c1n[nH]c(=S)n1C. The highest BCUT2D eigenvalue weighted by atomic mass is 32.1. The van der Waals surface area contributed by atoms with Gasteiger partial charge in [-0.05, 0) is 12.2 Å². The third-order valence-corrected chi connectivity index (χ3v) is 1.61. The molecule has 0 spiro atoms. The van der Waals surface area contributed by atoms with Crippen molar-refractivity contribution in [1.29, 1.82) is 0 Å². The van der Waals surface area contributed by atoms with Gasteiger partial charge >= 0.3 is 5.97 Å². The summed E-state index contributed by atoms with van der Waals surface area (Å²) in [7, 11) is 2.93. The van der Waals surface area contributed by atoms with Crippen molar-refractivity contribution in [3.05, 3.63) is 10.6 Å². The van der Waals surface area contributed by atoms with Crippen LogP contribution in [0, 0.1) is 4.77 Å². The smallest absolute Gasteiger partial charge is 0.376 e.